The Morgan fingerprint density at radius 3 is 2.35 bits per heavy atom. The van der Waals surface area contributed by atoms with E-state index in [1.165, 1.54) is 0 Å². The summed E-state index contributed by atoms with van der Waals surface area (Å²) >= 11 is 0. The number of aryl methyl sites for hydroxylation is 1. The number of aliphatic carboxylic acids is 1. The number of nitrogens with one attached hydrogen (secondary N) is 1. The molecule has 1 aromatic carbocycles. The Balaban J connectivity index is 1.98. The summed E-state index contributed by atoms with van der Waals surface area (Å²) in [5.74, 6) is -0.931. The average molecular weight is 275 g/mol. The molecular formula is C16H21NO3. The van der Waals surface area contributed by atoms with Crippen LogP contribution in [0.3, 0.4) is 0 Å². The SMILES string of the molecule is Cc1ccc(CC(=O)NC2(CC(=O)O)CCCC2)cc1. The topological polar surface area (TPSA) is 66.4 Å². The van der Waals surface area contributed by atoms with E-state index in [1.54, 1.807) is 0 Å². The second kappa shape index (κ2) is 6.07. The summed E-state index contributed by atoms with van der Waals surface area (Å²) in [5.41, 5.74) is 1.58. The van der Waals surface area contributed by atoms with Crippen LogP contribution in [0.5, 0.6) is 0 Å². The summed E-state index contributed by atoms with van der Waals surface area (Å²) in [6.07, 6.45) is 3.82. The minimum Gasteiger partial charge on any atom is -0.481 e. The highest BCUT2D eigenvalue weighted by atomic mass is 16.4. The van der Waals surface area contributed by atoms with Crippen LogP contribution in [0.2, 0.25) is 0 Å². The van der Waals surface area contributed by atoms with Crippen molar-refractivity contribution in [2.75, 3.05) is 0 Å². The molecule has 2 N–H and O–H groups in total. The maximum Gasteiger partial charge on any atom is 0.305 e. The van der Waals surface area contributed by atoms with Crippen molar-refractivity contribution in [3.63, 3.8) is 0 Å². The molecule has 1 amide bonds. The van der Waals surface area contributed by atoms with Crippen LogP contribution in [0.4, 0.5) is 0 Å². The van der Waals surface area contributed by atoms with Crippen molar-refractivity contribution in [2.45, 2.75) is 51.0 Å². The lowest BCUT2D eigenvalue weighted by Gasteiger charge is -2.28. The number of rotatable bonds is 5. The van der Waals surface area contributed by atoms with Crippen LogP contribution in [0.1, 0.15) is 43.2 Å². The standard InChI is InChI=1S/C16H21NO3/c1-12-4-6-13(7-5-12)10-14(18)17-16(11-15(19)20)8-2-3-9-16/h4-7H,2-3,8-11H2,1H3,(H,17,18)(H,19,20). The molecule has 0 heterocycles. The molecule has 2 rings (SSSR count). The first kappa shape index (κ1) is 14.6. The van der Waals surface area contributed by atoms with Crippen molar-refractivity contribution in [1.82, 2.24) is 5.32 Å². The fourth-order valence-electron chi connectivity index (χ4n) is 2.92. The number of carboxylic acids is 1. The van der Waals surface area contributed by atoms with Gasteiger partial charge in [-0.25, -0.2) is 0 Å². The fraction of sp³-hybridized carbons (Fsp3) is 0.500. The van der Waals surface area contributed by atoms with E-state index >= 15 is 0 Å². The molecule has 108 valence electrons. The molecule has 20 heavy (non-hydrogen) atoms. The van der Waals surface area contributed by atoms with Crippen LogP contribution in [0.25, 0.3) is 0 Å². The molecule has 1 aromatic rings. The Morgan fingerprint density at radius 1 is 1.20 bits per heavy atom. The Hall–Kier alpha value is -1.84. The molecule has 1 aliphatic carbocycles. The van der Waals surface area contributed by atoms with E-state index in [1.807, 2.05) is 31.2 Å². The Morgan fingerprint density at radius 2 is 1.80 bits per heavy atom. The van der Waals surface area contributed by atoms with Gasteiger partial charge in [0.25, 0.3) is 0 Å². The first-order valence-corrected chi connectivity index (χ1v) is 7.07. The number of benzene rings is 1. The van der Waals surface area contributed by atoms with Gasteiger partial charge in [-0.1, -0.05) is 42.7 Å². The van der Waals surface area contributed by atoms with Crippen molar-refractivity contribution in [3.05, 3.63) is 35.4 Å². The quantitative estimate of drug-likeness (QED) is 0.867. The zero-order valence-corrected chi connectivity index (χ0v) is 11.8. The van der Waals surface area contributed by atoms with Crippen molar-refractivity contribution in [3.8, 4) is 0 Å². The van der Waals surface area contributed by atoms with E-state index in [2.05, 4.69) is 5.32 Å². The van der Waals surface area contributed by atoms with Gasteiger partial charge < -0.3 is 10.4 Å². The van der Waals surface area contributed by atoms with Crippen LogP contribution in [-0.4, -0.2) is 22.5 Å². The van der Waals surface area contributed by atoms with Crippen molar-refractivity contribution in [1.29, 1.82) is 0 Å². The van der Waals surface area contributed by atoms with Crippen molar-refractivity contribution in [2.24, 2.45) is 0 Å². The number of hydrogen-bond donors (Lipinski definition) is 2. The Bertz CT molecular complexity index is 487. The number of carbonyl (C=O) groups is 2. The number of carboxylic acid groups (broad SMARTS) is 1. The van der Waals surface area contributed by atoms with Gasteiger partial charge in [0.2, 0.25) is 5.91 Å². The predicted octanol–water partition coefficient (Wildman–Crippen LogP) is 2.44. The van der Waals surface area contributed by atoms with Gasteiger partial charge in [-0.3, -0.25) is 9.59 Å². The molecule has 1 saturated carbocycles. The van der Waals surface area contributed by atoms with E-state index in [-0.39, 0.29) is 12.3 Å². The smallest absolute Gasteiger partial charge is 0.305 e. The molecule has 1 aliphatic rings. The first-order valence-electron chi connectivity index (χ1n) is 7.07. The maximum absolute atomic E-state index is 12.1. The van der Waals surface area contributed by atoms with E-state index in [0.717, 1.165) is 36.8 Å². The van der Waals surface area contributed by atoms with Crippen LogP contribution in [0.15, 0.2) is 24.3 Å². The molecular weight excluding hydrogens is 254 g/mol. The van der Waals surface area contributed by atoms with Gasteiger partial charge in [-0.05, 0) is 25.3 Å². The lowest BCUT2D eigenvalue weighted by Crippen LogP contribution is -2.48. The lowest BCUT2D eigenvalue weighted by molar-refractivity contribution is -0.139. The molecule has 0 atom stereocenters. The summed E-state index contributed by atoms with van der Waals surface area (Å²) in [4.78, 5) is 23.1. The normalized spacial score (nSPS) is 16.9. The van der Waals surface area contributed by atoms with E-state index < -0.39 is 11.5 Å². The van der Waals surface area contributed by atoms with E-state index in [9.17, 15) is 9.59 Å². The summed E-state index contributed by atoms with van der Waals surface area (Å²) in [6, 6.07) is 7.83. The lowest BCUT2D eigenvalue weighted by atomic mass is 9.92. The van der Waals surface area contributed by atoms with Gasteiger partial charge in [0.1, 0.15) is 0 Å². The molecule has 0 spiro atoms. The summed E-state index contributed by atoms with van der Waals surface area (Å²) in [7, 11) is 0. The molecule has 0 saturated heterocycles. The zero-order chi connectivity index (χ0) is 14.6. The van der Waals surface area contributed by atoms with E-state index in [0.29, 0.717) is 6.42 Å². The molecule has 0 aromatic heterocycles. The van der Waals surface area contributed by atoms with Gasteiger partial charge in [0, 0.05) is 0 Å². The van der Waals surface area contributed by atoms with Crippen molar-refractivity contribution >= 4 is 11.9 Å². The minimum atomic E-state index is -0.845. The second-order valence-electron chi connectivity index (χ2n) is 5.77. The molecule has 0 radical (unpaired) electrons. The zero-order valence-electron chi connectivity index (χ0n) is 11.8. The van der Waals surface area contributed by atoms with Crippen molar-refractivity contribution < 1.29 is 14.7 Å². The fourth-order valence-corrected chi connectivity index (χ4v) is 2.92. The van der Waals surface area contributed by atoms with Gasteiger partial charge in [-0.15, -0.1) is 0 Å². The summed E-state index contributed by atoms with van der Waals surface area (Å²) in [5, 5.41) is 12.0. The highest BCUT2D eigenvalue weighted by Crippen LogP contribution is 2.32. The Labute approximate surface area is 119 Å². The third kappa shape index (κ3) is 3.83. The highest BCUT2D eigenvalue weighted by Gasteiger charge is 2.37. The number of hydrogen-bond acceptors (Lipinski definition) is 2. The summed E-state index contributed by atoms with van der Waals surface area (Å²) in [6.45, 7) is 2.00. The molecule has 4 nitrogen and oxygen atoms in total. The molecule has 4 heteroatoms. The largest absolute Gasteiger partial charge is 0.481 e. The van der Waals surface area contributed by atoms with Gasteiger partial charge in [0.15, 0.2) is 0 Å². The highest BCUT2D eigenvalue weighted by molar-refractivity contribution is 5.80. The second-order valence-corrected chi connectivity index (χ2v) is 5.77. The predicted molar refractivity (Wildman–Crippen MR) is 76.5 cm³/mol. The molecule has 0 bridgehead atoms. The average Bonchev–Trinajstić information content (AvgIpc) is 2.79. The maximum atomic E-state index is 12.1. The number of carbonyl (C=O) groups excluding carboxylic acids is 1. The Kier molecular flexibility index (Phi) is 4.42. The first-order chi connectivity index (χ1) is 9.49. The summed E-state index contributed by atoms with van der Waals surface area (Å²) < 4.78 is 0. The molecule has 1 fully saturated rings. The molecule has 0 unspecified atom stereocenters. The van der Waals surface area contributed by atoms with Crippen LogP contribution in [-0.2, 0) is 16.0 Å². The molecule has 0 aliphatic heterocycles. The van der Waals surface area contributed by atoms with E-state index in [4.69, 9.17) is 5.11 Å². The monoisotopic (exact) mass is 275 g/mol. The third-order valence-corrected chi connectivity index (χ3v) is 3.94. The van der Waals surface area contributed by atoms with Gasteiger partial charge >= 0.3 is 5.97 Å². The van der Waals surface area contributed by atoms with Gasteiger partial charge in [-0.2, -0.15) is 0 Å². The number of amides is 1. The van der Waals surface area contributed by atoms with Crippen LogP contribution >= 0.6 is 0 Å². The third-order valence-electron chi connectivity index (χ3n) is 3.94. The van der Waals surface area contributed by atoms with Crippen LogP contribution in [0, 0.1) is 6.92 Å². The van der Waals surface area contributed by atoms with Gasteiger partial charge in [0.05, 0.1) is 18.4 Å². The minimum absolute atomic E-state index is 0.0205. The van der Waals surface area contributed by atoms with Crippen LogP contribution < -0.4 is 5.32 Å².